The van der Waals surface area contributed by atoms with Crippen LogP contribution in [0.3, 0.4) is 0 Å². The Balaban J connectivity index is 1.28. The summed E-state index contributed by atoms with van der Waals surface area (Å²) in [5, 5.41) is 6.23. The molecule has 3 rings (SSSR count). The van der Waals surface area contributed by atoms with E-state index in [9.17, 15) is 14.0 Å². The van der Waals surface area contributed by atoms with Gasteiger partial charge in [0.05, 0.1) is 17.9 Å². The number of nitrogens with one attached hydrogen (secondary N) is 1. The minimum Gasteiger partial charge on any atom is -0.469 e. The van der Waals surface area contributed by atoms with Crippen molar-refractivity contribution >= 4 is 23.2 Å². The average molecular weight is 395 g/mol. The number of amides is 1. The Morgan fingerprint density at radius 3 is 2.89 bits per heavy atom. The molecule has 1 N–H and O–H groups in total. The van der Waals surface area contributed by atoms with Crippen LogP contribution in [0.5, 0.6) is 0 Å². The first-order chi connectivity index (χ1) is 13.1. The van der Waals surface area contributed by atoms with Crippen LogP contribution in [-0.4, -0.2) is 55.2 Å². The molecule has 0 spiro atoms. The lowest BCUT2D eigenvalue weighted by Crippen LogP contribution is -2.50. The molecule has 0 atom stereocenters. The molecular formula is C18H22FN3O4S. The number of carbonyl (C=O) groups excluding carboxylic acids is 2. The van der Waals surface area contributed by atoms with Gasteiger partial charge < -0.3 is 19.5 Å². The standard InChI is InChI=1S/C18H22FN3O4S/c1-25-18(24)12-10-22(11-12)8-4-2-3-7-20-17(23)13-9-14(26-21-13)15-5-6-16(19)27-15/h5-6,9,12H,2-4,7-8,10-11H2,1H3,(H,20,23). The topological polar surface area (TPSA) is 84.7 Å². The molecule has 9 heteroatoms. The second kappa shape index (κ2) is 9.09. The number of ether oxygens (including phenoxy) is 1. The fraction of sp³-hybridized carbons (Fsp3) is 0.500. The van der Waals surface area contributed by atoms with Gasteiger partial charge in [-0.15, -0.1) is 11.3 Å². The number of nitrogens with zero attached hydrogens (tertiary/aromatic N) is 2. The van der Waals surface area contributed by atoms with Crippen molar-refractivity contribution in [3.05, 3.63) is 29.0 Å². The van der Waals surface area contributed by atoms with Gasteiger partial charge in [0.1, 0.15) is 0 Å². The molecule has 1 amide bonds. The molecule has 1 fully saturated rings. The van der Waals surface area contributed by atoms with Crippen LogP contribution in [0.2, 0.25) is 0 Å². The van der Waals surface area contributed by atoms with Crippen LogP contribution < -0.4 is 5.32 Å². The molecule has 2 aromatic heterocycles. The highest BCUT2D eigenvalue weighted by Crippen LogP contribution is 2.27. The highest BCUT2D eigenvalue weighted by molar-refractivity contribution is 7.13. The van der Waals surface area contributed by atoms with E-state index >= 15 is 0 Å². The molecule has 27 heavy (non-hydrogen) atoms. The van der Waals surface area contributed by atoms with E-state index in [2.05, 4.69) is 15.4 Å². The second-order valence-electron chi connectivity index (χ2n) is 6.48. The Morgan fingerprint density at radius 1 is 1.37 bits per heavy atom. The summed E-state index contributed by atoms with van der Waals surface area (Å²) in [7, 11) is 1.42. The first-order valence-corrected chi connectivity index (χ1v) is 9.69. The predicted molar refractivity (Wildman–Crippen MR) is 97.9 cm³/mol. The van der Waals surface area contributed by atoms with E-state index in [4.69, 9.17) is 9.26 Å². The number of carbonyl (C=O) groups is 2. The van der Waals surface area contributed by atoms with E-state index < -0.39 is 0 Å². The molecular weight excluding hydrogens is 373 g/mol. The number of likely N-dealkylation sites (tertiary alicyclic amines) is 1. The molecule has 3 heterocycles. The molecule has 0 unspecified atom stereocenters. The summed E-state index contributed by atoms with van der Waals surface area (Å²) in [4.78, 5) is 26.2. The zero-order chi connectivity index (χ0) is 19.2. The fourth-order valence-electron chi connectivity index (χ4n) is 2.94. The first-order valence-electron chi connectivity index (χ1n) is 8.87. The third-order valence-electron chi connectivity index (χ3n) is 4.49. The highest BCUT2D eigenvalue weighted by Gasteiger charge is 2.32. The van der Waals surface area contributed by atoms with E-state index in [0.717, 1.165) is 50.2 Å². The zero-order valence-corrected chi connectivity index (χ0v) is 15.9. The fourth-order valence-corrected chi connectivity index (χ4v) is 3.62. The lowest BCUT2D eigenvalue weighted by molar-refractivity contribution is -0.151. The third kappa shape index (κ3) is 5.14. The summed E-state index contributed by atoms with van der Waals surface area (Å²) in [6, 6.07) is 4.45. The molecule has 0 saturated carbocycles. The monoisotopic (exact) mass is 395 g/mol. The number of hydrogen-bond donors (Lipinski definition) is 1. The number of halogens is 1. The highest BCUT2D eigenvalue weighted by atomic mass is 32.1. The van der Waals surface area contributed by atoms with Gasteiger partial charge in [-0.1, -0.05) is 11.6 Å². The van der Waals surface area contributed by atoms with Gasteiger partial charge in [0.25, 0.3) is 5.91 Å². The van der Waals surface area contributed by atoms with E-state index in [1.54, 1.807) is 6.07 Å². The second-order valence-corrected chi connectivity index (χ2v) is 7.51. The summed E-state index contributed by atoms with van der Waals surface area (Å²) >= 11 is 0.943. The SMILES string of the molecule is COC(=O)C1CN(CCCCCNC(=O)c2cc(-c3ccc(F)s3)on2)C1. The Hall–Kier alpha value is -2.26. The van der Waals surface area contributed by atoms with Crippen molar-refractivity contribution in [2.45, 2.75) is 19.3 Å². The van der Waals surface area contributed by atoms with E-state index in [1.165, 1.54) is 19.2 Å². The summed E-state index contributed by atoms with van der Waals surface area (Å²) < 4.78 is 22.9. The Labute approximate surface area is 160 Å². The van der Waals surface area contributed by atoms with Gasteiger partial charge in [-0.2, -0.15) is 4.39 Å². The number of hydrogen-bond acceptors (Lipinski definition) is 7. The number of aromatic nitrogens is 1. The quantitative estimate of drug-likeness (QED) is 0.519. The smallest absolute Gasteiger partial charge is 0.311 e. The van der Waals surface area contributed by atoms with Crippen molar-refractivity contribution in [2.24, 2.45) is 5.92 Å². The first kappa shape index (κ1) is 19.5. The maximum atomic E-state index is 13.0. The maximum absolute atomic E-state index is 13.0. The van der Waals surface area contributed by atoms with Crippen molar-refractivity contribution < 1.29 is 23.2 Å². The Bertz CT molecular complexity index is 785. The van der Waals surface area contributed by atoms with Crippen molar-refractivity contribution in [1.29, 1.82) is 0 Å². The molecule has 0 bridgehead atoms. The zero-order valence-electron chi connectivity index (χ0n) is 15.1. The summed E-state index contributed by atoms with van der Waals surface area (Å²) in [5.41, 5.74) is 0.188. The molecule has 146 valence electrons. The number of esters is 1. The molecule has 0 aliphatic carbocycles. The number of unbranched alkanes of at least 4 members (excludes halogenated alkanes) is 2. The van der Waals surface area contributed by atoms with Crippen LogP contribution in [0.15, 0.2) is 22.7 Å². The molecule has 0 aromatic carbocycles. The van der Waals surface area contributed by atoms with Crippen molar-refractivity contribution in [2.75, 3.05) is 33.3 Å². The van der Waals surface area contributed by atoms with Gasteiger partial charge >= 0.3 is 5.97 Å². The average Bonchev–Trinajstić information content (AvgIpc) is 3.27. The largest absolute Gasteiger partial charge is 0.469 e. The van der Waals surface area contributed by atoms with Crippen LogP contribution in [0, 0.1) is 11.0 Å². The number of methoxy groups -OCH3 is 1. The molecule has 7 nitrogen and oxygen atoms in total. The molecule has 1 saturated heterocycles. The summed E-state index contributed by atoms with van der Waals surface area (Å²) in [5.74, 6) is -0.0268. The Morgan fingerprint density at radius 2 is 2.19 bits per heavy atom. The van der Waals surface area contributed by atoms with Crippen LogP contribution in [0.1, 0.15) is 29.8 Å². The minimum atomic E-state index is -0.313. The Kier molecular flexibility index (Phi) is 6.57. The molecule has 1 aliphatic heterocycles. The normalized spacial score (nSPS) is 14.7. The van der Waals surface area contributed by atoms with Gasteiger partial charge in [-0.05, 0) is 31.5 Å². The van der Waals surface area contributed by atoms with Crippen molar-refractivity contribution in [1.82, 2.24) is 15.4 Å². The van der Waals surface area contributed by atoms with Gasteiger partial charge in [0.2, 0.25) is 0 Å². The lowest BCUT2D eigenvalue weighted by atomic mass is 10.00. The number of rotatable bonds is 9. The van der Waals surface area contributed by atoms with Crippen LogP contribution >= 0.6 is 11.3 Å². The summed E-state index contributed by atoms with van der Waals surface area (Å²) in [6.07, 6.45) is 2.86. The third-order valence-corrected chi connectivity index (χ3v) is 5.38. The van der Waals surface area contributed by atoms with E-state index in [-0.39, 0.29) is 28.6 Å². The van der Waals surface area contributed by atoms with Crippen LogP contribution in [0.4, 0.5) is 4.39 Å². The molecule has 0 radical (unpaired) electrons. The van der Waals surface area contributed by atoms with Crippen molar-refractivity contribution in [3.8, 4) is 10.6 Å². The molecule has 2 aromatic rings. The van der Waals surface area contributed by atoms with Gasteiger partial charge in [-0.25, -0.2) is 0 Å². The summed E-state index contributed by atoms with van der Waals surface area (Å²) in [6.45, 7) is 3.04. The van der Waals surface area contributed by atoms with Gasteiger partial charge in [-0.3, -0.25) is 9.59 Å². The predicted octanol–water partition coefficient (Wildman–Crippen LogP) is 2.55. The van der Waals surface area contributed by atoms with Gasteiger partial charge in [0, 0.05) is 25.7 Å². The van der Waals surface area contributed by atoms with Crippen molar-refractivity contribution in [3.63, 3.8) is 0 Å². The van der Waals surface area contributed by atoms with Crippen LogP contribution in [-0.2, 0) is 9.53 Å². The minimum absolute atomic E-state index is 0.0207. The van der Waals surface area contributed by atoms with E-state index in [0.29, 0.717) is 17.2 Å². The number of thiophene rings is 1. The lowest BCUT2D eigenvalue weighted by Gasteiger charge is -2.37. The van der Waals surface area contributed by atoms with E-state index in [1.807, 2.05) is 0 Å². The molecule has 1 aliphatic rings. The maximum Gasteiger partial charge on any atom is 0.311 e. The van der Waals surface area contributed by atoms with Gasteiger partial charge in [0.15, 0.2) is 16.6 Å². The van der Waals surface area contributed by atoms with Crippen LogP contribution in [0.25, 0.3) is 10.6 Å².